The minimum atomic E-state index is -4.59. The summed E-state index contributed by atoms with van der Waals surface area (Å²) in [5.74, 6) is -1.53. The largest absolute Gasteiger partial charge is 0.587 e. The molecule has 0 spiro atoms. The molecular weight excluding hydrogens is 1850 g/mol. The molecule has 9 aromatic rings. The zero-order valence-corrected chi connectivity index (χ0v) is 82.7. The number of phosphoric acid groups is 2. The van der Waals surface area contributed by atoms with Gasteiger partial charge in [-0.3, -0.25) is 43.9 Å². The van der Waals surface area contributed by atoms with E-state index >= 15 is 0 Å². The number of nitrogen functional groups attached to an aromatic ring is 2. The Labute approximate surface area is 817 Å². The van der Waals surface area contributed by atoms with Gasteiger partial charge in [-0.2, -0.15) is 20.7 Å². The third-order valence-electron chi connectivity index (χ3n) is 24.3. The number of nitrogens with two attached hydrogens (primary N) is 2. The molecule has 4 saturated heterocycles. The van der Waals surface area contributed by atoms with Crippen LogP contribution in [0, 0.1) is 53.0 Å². The number of hydrogen-bond acceptors (Lipinski definition) is 33. The van der Waals surface area contributed by atoms with E-state index in [9.17, 15) is 55.1 Å². The van der Waals surface area contributed by atoms with Gasteiger partial charge < -0.3 is 77.5 Å². The SMILES string of the molecule is CC1(C)O[C@H]2[C@@H](O1)[C@](C#N)(c1ccc3c(N)ncnn13)O[C@@H]2CO.CCCCCCCCCCCCCCCCOC[C@H](COP(=O)(OC[C@H]1O[C@@](C#N)(c2ccc3c(N)ncnn23)[C@@H]2OC(C)(C)O[C@@H]21)Oc1ccc([N+](=O)[O-])cc1)OCc1ccccc1.CCCCCCCCCCCCCCCCOC[C@H](COP(=O)(Oc1ccc([N+](=O)[O-])cc1)Oc1ccc([N+](=O)[O-])cc1)OCc1ccccc1. The third kappa shape index (κ3) is 32.5. The second-order valence-corrected chi connectivity index (χ2v) is 39.2. The maximum Gasteiger partial charge on any atom is 0.587 e. The monoisotopic (exact) mass is 1980 g/mol. The molecule has 38 nitrogen and oxygen atoms in total. The van der Waals surface area contributed by atoms with Crippen LogP contribution in [-0.4, -0.2) is 162 Å². The van der Waals surface area contributed by atoms with Crippen molar-refractivity contribution in [3.63, 3.8) is 0 Å². The molecule has 11 atom stereocenters. The molecule has 40 heteroatoms. The average Bonchev–Trinajstić information content (AvgIpc) is 1.56. The second kappa shape index (κ2) is 55.2. The Balaban J connectivity index is 0.000000220. The molecule has 1 unspecified atom stereocenters. The van der Waals surface area contributed by atoms with Crippen LogP contribution in [0.15, 0.2) is 170 Å². The zero-order valence-electron chi connectivity index (χ0n) is 80.9. The van der Waals surface area contributed by atoms with E-state index in [1.807, 2.05) is 60.7 Å². The number of phosphoric ester groups is 2. The van der Waals surface area contributed by atoms with Crippen LogP contribution >= 0.6 is 15.6 Å². The molecule has 4 aliphatic heterocycles. The molecule has 0 amide bonds. The fourth-order valence-electron chi connectivity index (χ4n) is 17.0. The summed E-state index contributed by atoms with van der Waals surface area (Å²) in [6.07, 6.45) is 31.8. The average molecular weight is 1980 g/mol. The number of non-ortho nitro benzene ring substituents is 3. The Morgan fingerprint density at radius 3 is 1.10 bits per heavy atom. The standard InChI is InChI=1S/C47H65N6O11P.C38H53N2O10P.C15H17N5O4/c1-4-5-6-7-8-9-10-11-12-13-14-15-16-20-29-57-31-39(58-30-36-21-18-17-19-22-36)32-59-65(56,64-38-25-23-37(24-26-38)53(54)55)60-33-41-43-44(63-46(2,3)62-43)47(34-48,61-41)42-28-27-40-45(49)50-35-51-52(40)42;1-2-3-4-5-6-7-8-9-10-11-12-13-14-18-29-46-31-38(47-30-33-19-16-15-17-20-33)32-48-51(45,49-36-25-21-34(22-26-36)39(41)42)50-37-27-23-35(24-28-37)40(43)44;1-14(2)23-11-9(5-21)22-15(6-16,12(11)24-14)10-4-3-8-13(17)18-7-19-20(8)10/h17-19,21-28,35,39,41,43-44H,4-16,20,29-33H2,1-3H3,(H2,49,50,51);15-17,19-28,38H,2-14,18,29-32H2,1H3;3-4,7,9,11-12,21H,5H2,1-2H3,(H2,17,18,19)/t39-,41-,43-,44-,47+,65?;38-;9-,11-,12-,15+/m111/s1. The minimum Gasteiger partial charge on any atom is -0.404 e. The second-order valence-electron chi connectivity index (χ2n) is 36.0. The van der Waals surface area contributed by atoms with Crippen molar-refractivity contribution in [1.29, 1.82) is 10.5 Å². The van der Waals surface area contributed by atoms with Crippen molar-refractivity contribution < 1.29 is 104 Å². The lowest BCUT2D eigenvalue weighted by molar-refractivity contribution is -0.385. The number of aliphatic hydroxyl groups is 1. The summed E-state index contributed by atoms with van der Waals surface area (Å²) in [5, 5.41) is 72.5. The summed E-state index contributed by atoms with van der Waals surface area (Å²) in [6.45, 7) is 12.1. The summed E-state index contributed by atoms with van der Waals surface area (Å²) in [4.78, 5) is 39.9. The molecule has 4 fully saturated rings. The fraction of sp³-hybridized carbons (Fsp3) is 0.560. The normalized spacial score (nSPS) is 20.2. The van der Waals surface area contributed by atoms with E-state index in [0.29, 0.717) is 41.5 Å². The van der Waals surface area contributed by atoms with Crippen LogP contribution in [0.4, 0.5) is 28.7 Å². The Bertz CT molecular complexity index is 5410. The highest BCUT2D eigenvalue weighted by Gasteiger charge is 2.67. The molecule has 4 aromatic heterocycles. The van der Waals surface area contributed by atoms with Gasteiger partial charge in [-0.15, -0.1) is 0 Å². The van der Waals surface area contributed by atoms with Gasteiger partial charge >= 0.3 is 15.6 Å². The first-order chi connectivity index (χ1) is 67.6. The zero-order chi connectivity index (χ0) is 99.8. The number of nitriles is 2. The van der Waals surface area contributed by atoms with Crippen LogP contribution in [0.3, 0.4) is 0 Å². The van der Waals surface area contributed by atoms with Gasteiger partial charge in [0.2, 0.25) is 11.2 Å². The van der Waals surface area contributed by atoms with E-state index in [0.717, 1.165) is 43.2 Å². The lowest BCUT2D eigenvalue weighted by atomic mass is 9.92. The van der Waals surface area contributed by atoms with Gasteiger partial charge in [0, 0.05) is 49.6 Å². The van der Waals surface area contributed by atoms with Gasteiger partial charge in [0.15, 0.2) is 23.2 Å². The van der Waals surface area contributed by atoms with Crippen molar-refractivity contribution in [1.82, 2.24) is 29.2 Å². The van der Waals surface area contributed by atoms with Gasteiger partial charge in [-0.05, 0) is 112 Å². The maximum atomic E-state index is 14.7. The van der Waals surface area contributed by atoms with Crippen LogP contribution in [0.1, 0.15) is 244 Å². The van der Waals surface area contributed by atoms with Gasteiger partial charge in [0.25, 0.3) is 17.1 Å². The summed E-state index contributed by atoms with van der Waals surface area (Å²) in [6, 6.07) is 45.3. The van der Waals surface area contributed by atoms with E-state index in [2.05, 4.69) is 46.2 Å². The summed E-state index contributed by atoms with van der Waals surface area (Å²) in [7, 11) is -9.03. The Kier molecular flexibility index (Phi) is 43.3. The topological polar surface area (TPSA) is 491 Å². The lowest BCUT2D eigenvalue weighted by Gasteiger charge is -2.29. The molecule has 5 N–H and O–H groups in total. The molecule has 0 saturated carbocycles. The van der Waals surface area contributed by atoms with Crippen LogP contribution in [0.2, 0.25) is 0 Å². The van der Waals surface area contributed by atoms with Gasteiger partial charge in [0.05, 0.1) is 79.0 Å². The van der Waals surface area contributed by atoms with E-state index in [-0.39, 0.29) is 86.4 Å². The van der Waals surface area contributed by atoms with Crippen LogP contribution in [0.5, 0.6) is 17.2 Å². The van der Waals surface area contributed by atoms with Crippen molar-refractivity contribution in [3.05, 3.63) is 223 Å². The molecule has 0 bridgehead atoms. The number of anilines is 2. The summed E-state index contributed by atoms with van der Waals surface area (Å²) < 4.78 is 128. The number of nitro benzene ring substituents is 3. The molecule has 8 heterocycles. The van der Waals surface area contributed by atoms with Gasteiger partial charge in [0.1, 0.15) is 102 Å². The number of aromatic nitrogens is 6. The number of fused-ring (bicyclic) bond motifs is 4. The number of aliphatic hydroxyl groups excluding tert-OH is 1. The molecule has 13 rings (SSSR count). The van der Waals surface area contributed by atoms with E-state index in [1.165, 1.54) is 242 Å². The predicted octanol–water partition coefficient (Wildman–Crippen LogP) is 21.3. The van der Waals surface area contributed by atoms with E-state index < -0.39 is 109 Å². The predicted molar refractivity (Wildman–Crippen MR) is 520 cm³/mol. The highest BCUT2D eigenvalue weighted by atomic mass is 31.2. The number of benzene rings is 5. The van der Waals surface area contributed by atoms with Crippen LogP contribution in [0.25, 0.3) is 11.0 Å². The summed E-state index contributed by atoms with van der Waals surface area (Å²) >= 11 is 0. The molecule has 0 aliphatic carbocycles. The lowest BCUT2D eigenvalue weighted by Crippen LogP contribution is -2.40. The first-order valence-corrected chi connectivity index (χ1v) is 51.7. The highest BCUT2D eigenvalue weighted by Crippen LogP contribution is 2.56. The number of rotatable bonds is 61. The maximum absolute atomic E-state index is 14.7. The van der Waals surface area contributed by atoms with E-state index in [4.69, 9.17) is 86.0 Å². The molecule has 0 radical (unpaired) electrons. The number of nitro groups is 3. The quantitative estimate of drug-likeness (QED) is 0.0138. The van der Waals surface area contributed by atoms with Crippen molar-refractivity contribution in [2.45, 2.75) is 306 Å². The first kappa shape index (κ1) is 110. The van der Waals surface area contributed by atoms with E-state index in [1.54, 1.807) is 52.0 Å². The number of nitrogens with zero attached hydrogens (tertiary/aromatic N) is 11. The van der Waals surface area contributed by atoms with Gasteiger partial charge in [-0.25, -0.2) is 28.1 Å². The van der Waals surface area contributed by atoms with Crippen molar-refractivity contribution in [2.75, 3.05) is 64.3 Å². The van der Waals surface area contributed by atoms with Crippen LogP contribution < -0.4 is 25.0 Å². The fourth-order valence-corrected chi connectivity index (χ4v) is 19.5. The summed E-state index contributed by atoms with van der Waals surface area (Å²) in [5.41, 5.74) is 11.8. The molecular formula is C100H135N13O25P2. The number of unbranched alkanes of at least 4 members (excludes halogenated alkanes) is 26. The molecule has 5 aromatic carbocycles. The minimum absolute atomic E-state index is 0.00153. The first-order valence-electron chi connectivity index (χ1n) is 48.8. The van der Waals surface area contributed by atoms with Crippen molar-refractivity contribution in [2.24, 2.45) is 0 Å². The van der Waals surface area contributed by atoms with Crippen molar-refractivity contribution >= 4 is 55.4 Å². The number of hydrogen-bond donors (Lipinski definition) is 3. The van der Waals surface area contributed by atoms with Crippen LogP contribution in [-0.2, 0) is 94.5 Å². The highest BCUT2D eigenvalue weighted by molar-refractivity contribution is 7.49. The Hall–Kier alpha value is -10.6. The van der Waals surface area contributed by atoms with Crippen molar-refractivity contribution in [3.8, 4) is 29.4 Å². The Morgan fingerprint density at radius 2 is 0.757 bits per heavy atom. The molecule has 4 aliphatic rings. The molecule has 140 heavy (non-hydrogen) atoms. The Morgan fingerprint density at radius 1 is 0.429 bits per heavy atom. The van der Waals surface area contributed by atoms with Gasteiger partial charge in [-0.1, -0.05) is 241 Å². The third-order valence-corrected chi connectivity index (χ3v) is 27.0. The number of ether oxygens (including phenoxy) is 10. The smallest absolute Gasteiger partial charge is 0.404 e. The molecule has 760 valence electrons.